The summed E-state index contributed by atoms with van der Waals surface area (Å²) in [5.41, 5.74) is 0. The van der Waals surface area contributed by atoms with Crippen molar-refractivity contribution in [2.75, 3.05) is 13.2 Å². The maximum Gasteiger partial charge on any atom is 0.330 e. The molecule has 1 unspecified atom stereocenters. The van der Waals surface area contributed by atoms with Gasteiger partial charge in [0.25, 0.3) is 0 Å². The minimum Gasteiger partial charge on any atom is -0.490 e. The van der Waals surface area contributed by atoms with Crippen LogP contribution in [-0.4, -0.2) is 25.3 Å². The summed E-state index contributed by atoms with van der Waals surface area (Å²) in [5, 5.41) is 3.89. The van der Waals surface area contributed by atoms with Gasteiger partial charge in [0.1, 0.15) is 36.2 Å². The summed E-state index contributed by atoms with van der Waals surface area (Å²) in [4.78, 5) is 12.0. The van der Waals surface area contributed by atoms with Crippen LogP contribution in [0.15, 0.2) is 122 Å². The van der Waals surface area contributed by atoms with E-state index in [4.69, 9.17) is 18.9 Å². The van der Waals surface area contributed by atoms with Crippen molar-refractivity contribution in [3.63, 3.8) is 0 Å². The Hall–Kier alpha value is -4.77. The molecule has 0 saturated carbocycles. The van der Waals surface area contributed by atoms with E-state index >= 15 is 0 Å². The van der Waals surface area contributed by atoms with Crippen LogP contribution >= 0.6 is 0 Å². The molecule has 0 aliphatic carbocycles. The Labute approximate surface area is 215 Å². The molecule has 37 heavy (non-hydrogen) atoms. The topological polar surface area (TPSA) is 54.0 Å². The molecule has 1 atom stereocenters. The second-order valence-corrected chi connectivity index (χ2v) is 8.42. The molecule has 0 spiro atoms. The first kappa shape index (κ1) is 23.9. The Morgan fingerprint density at radius 1 is 0.676 bits per heavy atom. The zero-order valence-corrected chi connectivity index (χ0v) is 20.2. The van der Waals surface area contributed by atoms with E-state index in [1.54, 1.807) is 0 Å². The minimum absolute atomic E-state index is 0.0965. The fourth-order valence-corrected chi connectivity index (χ4v) is 4.05. The SMILES string of the molecule is C=CC(=O)OC(COc1ccccc1)COc1c2ccccc2cc2ccc(Oc3ccccc3)cc12. The summed E-state index contributed by atoms with van der Waals surface area (Å²) in [5.74, 6) is 2.28. The van der Waals surface area contributed by atoms with Gasteiger partial charge in [0, 0.05) is 16.8 Å². The Bertz CT molecular complexity index is 1510. The van der Waals surface area contributed by atoms with Crippen molar-refractivity contribution in [3.8, 4) is 23.0 Å². The predicted octanol–water partition coefficient (Wildman–Crippen LogP) is 7.34. The molecule has 0 saturated heterocycles. The van der Waals surface area contributed by atoms with Crippen molar-refractivity contribution in [1.82, 2.24) is 0 Å². The minimum atomic E-state index is -0.650. The van der Waals surface area contributed by atoms with Gasteiger partial charge in [-0.1, -0.05) is 73.3 Å². The van der Waals surface area contributed by atoms with Crippen molar-refractivity contribution in [2.24, 2.45) is 0 Å². The standard InChI is InChI=1S/C32H26O5/c1-2-31(33)37-28(21-34-25-12-5-3-6-13-25)22-35-32-29-16-10-9-11-23(29)19-24-17-18-27(20-30(24)32)36-26-14-7-4-8-15-26/h2-20,28H,1,21-22H2. The molecule has 0 bridgehead atoms. The molecule has 0 fully saturated rings. The first-order valence-electron chi connectivity index (χ1n) is 12.0. The van der Waals surface area contributed by atoms with Crippen LogP contribution in [0.25, 0.3) is 21.5 Å². The van der Waals surface area contributed by atoms with Crippen LogP contribution in [0.5, 0.6) is 23.0 Å². The van der Waals surface area contributed by atoms with Gasteiger partial charge in [-0.15, -0.1) is 0 Å². The lowest BCUT2D eigenvalue weighted by Crippen LogP contribution is -2.30. The number of esters is 1. The zero-order chi connectivity index (χ0) is 25.5. The average Bonchev–Trinajstić information content (AvgIpc) is 2.95. The number of benzene rings is 5. The molecule has 0 aliphatic heterocycles. The van der Waals surface area contributed by atoms with E-state index in [2.05, 4.69) is 12.6 Å². The largest absolute Gasteiger partial charge is 0.490 e. The number of hydrogen-bond acceptors (Lipinski definition) is 5. The summed E-state index contributed by atoms with van der Waals surface area (Å²) in [7, 11) is 0. The first-order chi connectivity index (χ1) is 18.2. The van der Waals surface area contributed by atoms with Gasteiger partial charge in [-0.2, -0.15) is 0 Å². The third-order valence-electron chi connectivity index (χ3n) is 5.81. The molecule has 5 nitrogen and oxygen atoms in total. The van der Waals surface area contributed by atoms with Gasteiger partial charge in [-0.3, -0.25) is 0 Å². The quantitative estimate of drug-likeness (QED) is 0.116. The fourth-order valence-electron chi connectivity index (χ4n) is 4.05. The highest BCUT2D eigenvalue weighted by atomic mass is 16.6. The zero-order valence-electron chi connectivity index (χ0n) is 20.2. The maximum atomic E-state index is 12.0. The van der Waals surface area contributed by atoms with Gasteiger partial charge in [0.15, 0.2) is 6.10 Å². The first-order valence-corrected chi connectivity index (χ1v) is 12.0. The third kappa shape index (κ3) is 5.90. The molecule has 5 heteroatoms. The number of fused-ring (bicyclic) bond motifs is 2. The van der Waals surface area contributed by atoms with E-state index < -0.39 is 12.1 Å². The Morgan fingerprint density at radius 2 is 1.32 bits per heavy atom. The van der Waals surface area contributed by atoms with Crippen LogP contribution in [0.3, 0.4) is 0 Å². The van der Waals surface area contributed by atoms with Crippen LogP contribution in [0.1, 0.15) is 0 Å². The van der Waals surface area contributed by atoms with E-state index in [9.17, 15) is 4.79 Å². The smallest absolute Gasteiger partial charge is 0.330 e. The van der Waals surface area contributed by atoms with E-state index in [0.717, 1.165) is 33.4 Å². The molecule has 0 amide bonds. The molecule has 5 aromatic rings. The summed E-state index contributed by atoms with van der Waals surface area (Å²) in [6, 6.07) is 35.1. The highest BCUT2D eigenvalue weighted by molar-refractivity contribution is 6.05. The molecule has 184 valence electrons. The monoisotopic (exact) mass is 490 g/mol. The van der Waals surface area contributed by atoms with Crippen LogP contribution < -0.4 is 14.2 Å². The van der Waals surface area contributed by atoms with E-state index in [-0.39, 0.29) is 13.2 Å². The average molecular weight is 491 g/mol. The molecule has 0 N–H and O–H groups in total. The van der Waals surface area contributed by atoms with E-state index in [1.165, 1.54) is 0 Å². The number of carbonyl (C=O) groups excluding carboxylic acids is 1. The third-order valence-corrected chi connectivity index (χ3v) is 5.81. The second-order valence-electron chi connectivity index (χ2n) is 8.42. The normalized spacial score (nSPS) is 11.6. The molecular formula is C32H26O5. The van der Waals surface area contributed by atoms with Crippen LogP contribution in [0.2, 0.25) is 0 Å². The number of hydrogen-bond donors (Lipinski definition) is 0. The Kier molecular flexibility index (Phi) is 7.32. The van der Waals surface area contributed by atoms with Gasteiger partial charge in [-0.05, 0) is 53.2 Å². The molecule has 5 rings (SSSR count). The second kappa shape index (κ2) is 11.3. The molecule has 0 aromatic heterocycles. The number of para-hydroxylation sites is 2. The van der Waals surface area contributed by atoms with Gasteiger partial charge < -0.3 is 18.9 Å². The van der Waals surface area contributed by atoms with Crippen LogP contribution in [-0.2, 0) is 9.53 Å². The van der Waals surface area contributed by atoms with Crippen LogP contribution in [0, 0.1) is 0 Å². The Balaban J connectivity index is 1.46. The summed E-state index contributed by atoms with van der Waals surface area (Å²) in [6.45, 7) is 3.74. The van der Waals surface area contributed by atoms with Crippen LogP contribution in [0.4, 0.5) is 0 Å². The van der Waals surface area contributed by atoms with Gasteiger partial charge >= 0.3 is 5.97 Å². The van der Waals surface area contributed by atoms with Gasteiger partial charge in [-0.25, -0.2) is 4.79 Å². The van der Waals surface area contributed by atoms with E-state index in [0.29, 0.717) is 17.2 Å². The van der Waals surface area contributed by atoms with E-state index in [1.807, 2.05) is 103 Å². The van der Waals surface area contributed by atoms with Crippen molar-refractivity contribution in [2.45, 2.75) is 6.10 Å². The summed E-state index contributed by atoms with van der Waals surface area (Å²) < 4.78 is 23.9. The maximum absolute atomic E-state index is 12.0. The summed E-state index contributed by atoms with van der Waals surface area (Å²) >= 11 is 0. The lowest BCUT2D eigenvalue weighted by atomic mass is 10.0. The number of carbonyl (C=O) groups is 1. The van der Waals surface area contributed by atoms with Gasteiger partial charge in [0.2, 0.25) is 0 Å². The lowest BCUT2D eigenvalue weighted by Gasteiger charge is -2.20. The van der Waals surface area contributed by atoms with Gasteiger partial charge in [0.05, 0.1) is 0 Å². The van der Waals surface area contributed by atoms with Crippen molar-refractivity contribution >= 4 is 27.5 Å². The lowest BCUT2D eigenvalue weighted by molar-refractivity contribution is -0.146. The molecule has 0 heterocycles. The molecule has 5 aromatic carbocycles. The Morgan fingerprint density at radius 3 is 2.08 bits per heavy atom. The van der Waals surface area contributed by atoms with Crippen molar-refractivity contribution in [1.29, 1.82) is 0 Å². The molecule has 0 radical (unpaired) electrons. The van der Waals surface area contributed by atoms with Crippen molar-refractivity contribution < 1.29 is 23.7 Å². The molecule has 0 aliphatic rings. The fraction of sp³-hybridized carbons (Fsp3) is 0.0938. The number of ether oxygens (including phenoxy) is 4. The highest BCUT2D eigenvalue weighted by Crippen LogP contribution is 2.37. The highest BCUT2D eigenvalue weighted by Gasteiger charge is 2.18. The van der Waals surface area contributed by atoms with Crippen molar-refractivity contribution in [3.05, 3.63) is 122 Å². The predicted molar refractivity (Wildman–Crippen MR) is 145 cm³/mol. The summed E-state index contributed by atoms with van der Waals surface area (Å²) in [6.07, 6.45) is 0.485. The number of rotatable bonds is 10. The molecular weight excluding hydrogens is 464 g/mol.